The molecule has 0 saturated carbocycles. The van der Waals surface area contributed by atoms with E-state index in [-0.39, 0.29) is 16.1 Å². The lowest BCUT2D eigenvalue weighted by Crippen LogP contribution is -2.27. The average Bonchev–Trinajstić information content (AvgIpc) is 2.96. The van der Waals surface area contributed by atoms with Crippen molar-refractivity contribution in [2.45, 2.75) is 19.9 Å². The van der Waals surface area contributed by atoms with Crippen LogP contribution in [0, 0.1) is 17.0 Å². The zero-order chi connectivity index (χ0) is 18.7. The number of carbonyl (C=O) groups is 2. The predicted octanol–water partition coefficient (Wildman–Crippen LogP) is 2.56. The Hall–Kier alpha value is -3.01. The van der Waals surface area contributed by atoms with Crippen molar-refractivity contribution >= 4 is 28.9 Å². The van der Waals surface area contributed by atoms with Crippen LogP contribution in [0.25, 0.3) is 0 Å². The van der Waals surface area contributed by atoms with Crippen LogP contribution in [0.1, 0.15) is 43.7 Å². The quantitative estimate of drug-likeness (QED) is 0.594. The number of nitrogens with zero attached hydrogens (tertiary/aromatic N) is 2. The van der Waals surface area contributed by atoms with E-state index in [1.807, 2.05) is 0 Å². The van der Waals surface area contributed by atoms with Crippen LogP contribution in [0.2, 0.25) is 0 Å². The second-order valence-electron chi connectivity index (χ2n) is 5.11. The maximum Gasteiger partial charge on any atom is 0.347 e. The molecule has 1 heterocycles. The molecule has 0 bridgehead atoms. The Morgan fingerprint density at radius 3 is 2.64 bits per heavy atom. The van der Waals surface area contributed by atoms with Crippen molar-refractivity contribution < 1.29 is 24.4 Å². The second-order valence-corrected chi connectivity index (χ2v) is 6.14. The van der Waals surface area contributed by atoms with Gasteiger partial charge in [-0.25, -0.2) is 9.78 Å². The molecule has 132 valence electrons. The number of amides is 1. The van der Waals surface area contributed by atoms with Crippen LogP contribution in [0.3, 0.4) is 0 Å². The fourth-order valence-electron chi connectivity index (χ4n) is 2.12. The predicted molar refractivity (Wildman–Crippen MR) is 89.3 cm³/mol. The molecule has 2 rings (SSSR count). The average molecular weight is 365 g/mol. The summed E-state index contributed by atoms with van der Waals surface area (Å²) in [6, 6.07) is 3.24. The number of nitro groups is 1. The fourth-order valence-corrected chi connectivity index (χ4v) is 3.03. The van der Waals surface area contributed by atoms with Gasteiger partial charge < -0.3 is 15.2 Å². The van der Waals surface area contributed by atoms with Gasteiger partial charge in [0.25, 0.3) is 11.6 Å². The molecule has 0 saturated heterocycles. The normalized spacial score (nSPS) is 11.6. The number of carboxylic acid groups (broad SMARTS) is 1. The van der Waals surface area contributed by atoms with Gasteiger partial charge in [0.15, 0.2) is 0 Å². The van der Waals surface area contributed by atoms with E-state index < -0.39 is 22.8 Å². The molecule has 1 atom stereocenters. The van der Waals surface area contributed by atoms with Crippen molar-refractivity contribution in [3.63, 3.8) is 0 Å². The van der Waals surface area contributed by atoms with Crippen LogP contribution in [0.5, 0.6) is 5.75 Å². The maximum absolute atomic E-state index is 12.4. The number of carbonyl (C=O) groups excluding carboxylic acids is 1. The molecule has 1 aromatic carbocycles. The van der Waals surface area contributed by atoms with E-state index in [2.05, 4.69) is 10.3 Å². The van der Waals surface area contributed by atoms with Crippen LogP contribution < -0.4 is 10.1 Å². The topological polar surface area (TPSA) is 132 Å². The first-order valence-corrected chi connectivity index (χ1v) is 7.90. The van der Waals surface area contributed by atoms with E-state index >= 15 is 0 Å². The standard InChI is InChI=1S/C15H15N3O6S/c1-7-12(15(20)21)25-14(17-7)8(2)16-13(19)10-6-9(24-3)4-5-11(10)18(22)23/h4-6,8H,1-3H3,(H,16,19)(H,20,21). The van der Waals surface area contributed by atoms with E-state index in [1.54, 1.807) is 13.8 Å². The summed E-state index contributed by atoms with van der Waals surface area (Å²) >= 11 is 0.947. The Labute approximate surface area is 146 Å². The molecule has 25 heavy (non-hydrogen) atoms. The van der Waals surface area contributed by atoms with Gasteiger partial charge in [-0.3, -0.25) is 14.9 Å². The van der Waals surface area contributed by atoms with Gasteiger partial charge in [-0.05, 0) is 26.0 Å². The highest BCUT2D eigenvalue weighted by molar-refractivity contribution is 7.13. The lowest BCUT2D eigenvalue weighted by atomic mass is 10.1. The highest BCUT2D eigenvalue weighted by Crippen LogP contribution is 2.27. The SMILES string of the molecule is COc1ccc([N+](=O)[O-])c(C(=O)NC(C)c2nc(C)c(C(=O)O)s2)c1. The number of rotatable bonds is 6. The Morgan fingerprint density at radius 1 is 1.44 bits per heavy atom. The molecular weight excluding hydrogens is 350 g/mol. The summed E-state index contributed by atoms with van der Waals surface area (Å²) in [6.45, 7) is 3.18. The Kier molecular flexibility index (Phi) is 5.32. The van der Waals surface area contributed by atoms with Crippen LogP contribution >= 0.6 is 11.3 Å². The van der Waals surface area contributed by atoms with E-state index in [4.69, 9.17) is 9.84 Å². The molecule has 10 heteroatoms. The van der Waals surface area contributed by atoms with Gasteiger partial charge in [0.1, 0.15) is 21.2 Å². The highest BCUT2D eigenvalue weighted by Gasteiger charge is 2.24. The number of thiazole rings is 1. The lowest BCUT2D eigenvalue weighted by molar-refractivity contribution is -0.385. The van der Waals surface area contributed by atoms with Gasteiger partial charge in [-0.1, -0.05) is 0 Å². The number of methoxy groups -OCH3 is 1. The number of carboxylic acids is 1. The van der Waals surface area contributed by atoms with Crippen LogP contribution in [-0.4, -0.2) is 34.0 Å². The summed E-state index contributed by atoms with van der Waals surface area (Å²) in [4.78, 5) is 38.2. The van der Waals surface area contributed by atoms with Crippen LogP contribution in [-0.2, 0) is 0 Å². The number of aromatic carboxylic acids is 1. The summed E-state index contributed by atoms with van der Waals surface area (Å²) in [5, 5.41) is 23.2. The molecule has 0 radical (unpaired) electrons. The smallest absolute Gasteiger partial charge is 0.347 e. The third-order valence-electron chi connectivity index (χ3n) is 3.37. The van der Waals surface area contributed by atoms with Gasteiger partial charge >= 0.3 is 5.97 Å². The van der Waals surface area contributed by atoms with Crippen molar-refractivity contribution in [3.05, 3.63) is 49.5 Å². The molecule has 1 amide bonds. The molecule has 0 fully saturated rings. The number of hydrogen-bond donors (Lipinski definition) is 2. The molecule has 2 aromatic rings. The molecule has 0 aliphatic rings. The van der Waals surface area contributed by atoms with Gasteiger partial charge in [-0.2, -0.15) is 0 Å². The minimum Gasteiger partial charge on any atom is -0.497 e. The van der Waals surface area contributed by atoms with Gasteiger partial charge in [0.2, 0.25) is 0 Å². The summed E-state index contributed by atoms with van der Waals surface area (Å²) in [6.07, 6.45) is 0. The van der Waals surface area contributed by atoms with Crippen molar-refractivity contribution in [3.8, 4) is 5.75 Å². The number of ether oxygens (including phenoxy) is 1. The zero-order valence-corrected chi connectivity index (χ0v) is 14.4. The first-order valence-electron chi connectivity index (χ1n) is 7.08. The third kappa shape index (κ3) is 3.91. The van der Waals surface area contributed by atoms with Gasteiger partial charge in [-0.15, -0.1) is 11.3 Å². The molecule has 9 nitrogen and oxygen atoms in total. The van der Waals surface area contributed by atoms with Crippen LogP contribution in [0.15, 0.2) is 18.2 Å². The first-order chi connectivity index (χ1) is 11.7. The number of nitro benzene ring substituents is 1. The monoisotopic (exact) mass is 365 g/mol. The van der Waals surface area contributed by atoms with Gasteiger partial charge in [0.05, 0.1) is 23.8 Å². The van der Waals surface area contributed by atoms with E-state index in [9.17, 15) is 19.7 Å². The Morgan fingerprint density at radius 2 is 2.12 bits per heavy atom. The lowest BCUT2D eigenvalue weighted by Gasteiger charge is -2.12. The molecule has 2 N–H and O–H groups in total. The van der Waals surface area contributed by atoms with Crippen molar-refractivity contribution in [2.75, 3.05) is 7.11 Å². The second kappa shape index (κ2) is 7.26. The Bertz CT molecular complexity index is 848. The molecule has 1 unspecified atom stereocenters. The minimum absolute atomic E-state index is 0.0865. The summed E-state index contributed by atoms with van der Waals surface area (Å²) in [7, 11) is 1.39. The van der Waals surface area contributed by atoms with Crippen molar-refractivity contribution in [2.24, 2.45) is 0 Å². The minimum atomic E-state index is -1.09. The van der Waals surface area contributed by atoms with Crippen molar-refractivity contribution in [1.29, 1.82) is 0 Å². The maximum atomic E-state index is 12.4. The summed E-state index contributed by atoms with van der Waals surface area (Å²) in [5.41, 5.74) is -0.157. The first kappa shape index (κ1) is 18.3. The van der Waals surface area contributed by atoms with E-state index in [1.165, 1.54) is 25.3 Å². The highest BCUT2D eigenvalue weighted by atomic mass is 32.1. The molecule has 0 aliphatic heterocycles. The Balaban J connectivity index is 2.28. The molecule has 0 spiro atoms. The fraction of sp³-hybridized carbons (Fsp3) is 0.267. The molecule has 0 aliphatic carbocycles. The third-order valence-corrected chi connectivity index (χ3v) is 4.70. The number of aryl methyl sites for hydroxylation is 1. The van der Waals surface area contributed by atoms with E-state index in [0.717, 1.165) is 11.3 Å². The van der Waals surface area contributed by atoms with Gasteiger partial charge in [0, 0.05) is 6.07 Å². The van der Waals surface area contributed by atoms with Crippen molar-refractivity contribution in [1.82, 2.24) is 10.3 Å². The number of nitrogens with one attached hydrogen (secondary N) is 1. The van der Waals surface area contributed by atoms with Crippen LogP contribution in [0.4, 0.5) is 5.69 Å². The number of benzene rings is 1. The number of hydrogen-bond acceptors (Lipinski definition) is 7. The van der Waals surface area contributed by atoms with E-state index in [0.29, 0.717) is 16.5 Å². The molecule has 1 aromatic heterocycles. The number of aromatic nitrogens is 1. The summed E-state index contributed by atoms with van der Waals surface area (Å²) in [5.74, 6) is -1.47. The largest absolute Gasteiger partial charge is 0.497 e. The summed E-state index contributed by atoms with van der Waals surface area (Å²) < 4.78 is 5.00. The zero-order valence-electron chi connectivity index (χ0n) is 13.6. The molecular formula is C15H15N3O6S.